The van der Waals surface area contributed by atoms with Gasteiger partial charge in [0.1, 0.15) is 5.70 Å². The van der Waals surface area contributed by atoms with Crippen molar-refractivity contribution in [2.24, 2.45) is 0 Å². The molecule has 1 heterocycles. The number of hydrogen-bond acceptors (Lipinski definition) is 3. The van der Waals surface area contributed by atoms with Gasteiger partial charge in [0.15, 0.2) is 0 Å². The van der Waals surface area contributed by atoms with Crippen molar-refractivity contribution < 1.29 is 9.59 Å². The molecule has 0 fully saturated rings. The number of nitrogens with zero attached hydrogens (tertiary/aromatic N) is 2. The van der Waals surface area contributed by atoms with Crippen molar-refractivity contribution in [1.82, 2.24) is 9.80 Å². The van der Waals surface area contributed by atoms with E-state index in [-0.39, 0.29) is 11.8 Å². The minimum atomic E-state index is -0.185. The van der Waals surface area contributed by atoms with Crippen molar-refractivity contribution in [2.45, 2.75) is 39.7 Å². The molecule has 1 aliphatic rings. The molecule has 0 radical (unpaired) electrons. The summed E-state index contributed by atoms with van der Waals surface area (Å²) in [6.45, 7) is 5.18. The summed E-state index contributed by atoms with van der Waals surface area (Å²) in [6.07, 6.45) is 2.90. The number of hydrogen-bond donors (Lipinski definition) is 0. The number of imide groups is 1. The zero-order valence-electron chi connectivity index (χ0n) is 16.9. The van der Waals surface area contributed by atoms with Gasteiger partial charge >= 0.3 is 0 Å². The van der Waals surface area contributed by atoms with E-state index in [1.54, 1.807) is 0 Å². The normalized spacial score (nSPS) is 14.2. The molecule has 0 unspecified atom stereocenters. The molecule has 2 aromatic rings. The predicted molar refractivity (Wildman–Crippen MR) is 112 cm³/mol. The Kier molecular flexibility index (Phi) is 6.30. The number of carbonyl (C=O) groups is 2. The van der Waals surface area contributed by atoms with Crippen LogP contribution in [0.25, 0.3) is 5.57 Å². The summed E-state index contributed by atoms with van der Waals surface area (Å²) >= 11 is 0. The SMILES string of the molecule is CCCCCN1C(=O)C(c2ccc(C)cc2)=C(N(C)Cc2ccccc2)C1=O. The fourth-order valence-corrected chi connectivity index (χ4v) is 3.56. The second-order valence-electron chi connectivity index (χ2n) is 7.40. The molecule has 146 valence electrons. The average molecular weight is 377 g/mol. The number of benzene rings is 2. The predicted octanol–water partition coefficient (Wildman–Crippen LogP) is 4.40. The standard InChI is InChI=1S/C24H28N2O2/c1-4-5-9-16-26-23(27)21(20-14-12-18(2)13-15-20)22(24(26)28)25(3)17-19-10-7-6-8-11-19/h6-8,10-15H,4-5,9,16-17H2,1-3H3. The summed E-state index contributed by atoms with van der Waals surface area (Å²) < 4.78 is 0. The average Bonchev–Trinajstić information content (AvgIpc) is 2.94. The molecule has 4 heteroatoms. The van der Waals surface area contributed by atoms with Crippen LogP contribution < -0.4 is 0 Å². The Morgan fingerprint density at radius 3 is 2.21 bits per heavy atom. The van der Waals surface area contributed by atoms with Gasteiger partial charge in [-0.05, 0) is 24.5 Å². The highest BCUT2D eigenvalue weighted by atomic mass is 16.2. The Bertz CT molecular complexity index is 869. The first-order valence-electron chi connectivity index (χ1n) is 9.95. The van der Waals surface area contributed by atoms with Crippen molar-refractivity contribution in [2.75, 3.05) is 13.6 Å². The topological polar surface area (TPSA) is 40.6 Å². The molecule has 0 aromatic heterocycles. The molecule has 0 saturated carbocycles. The fourth-order valence-electron chi connectivity index (χ4n) is 3.56. The number of likely N-dealkylation sites (N-methyl/N-ethyl adjacent to an activating group) is 1. The molecule has 28 heavy (non-hydrogen) atoms. The van der Waals surface area contributed by atoms with Crippen LogP contribution in [-0.4, -0.2) is 35.2 Å². The van der Waals surface area contributed by atoms with Crippen LogP contribution >= 0.6 is 0 Å². The van der Waals surface area contributed by atoms with E-state index in [4.69, 9.17) is 0 Å². The smallest absolute Gasteiger partial charge is 0.277 e. The zero-order valence-corrected chi connectivity index (χ0v) is 16.9. The van der Waals surface area contributed by atoms with Crippen LogP contribution in [0.15, 0.2) is 60.3 Å². The van der Waals surface area contributed by atoms with Crippen LogP contribution in [-0.2, 0) is 16.1 Å². The molecule has 1 aliphatic heterocycles. The highest BCUT2D eigenvalue weighted by Gasteiger charge is 2.40. The first-order chi connectivity index (χ1) is 13.5. The largest absolute Gasteiger partial charge is 0.365 e. The summed E-state index contributed by atoms with van der Waals surface area (Å²) in [4.78, 5) is 29.7. The summed E-state index contributed by atoms with van der Waals surface area (Å²) in [5.41, 5.74) is 4.04. The Morgan fingerprint density at radius 2 is 1.57 bits per heavy atom. The zero-order chi connectivity index (χ0) is 20.1. The second-order valence-corrected chi connectivity index (χ2v) is 7.40. The van der Waals surface area contributed by atoms with Crippen molar-refractivity contribution in [3.8, 4) is 0 Å². The molecule has 0 bridgehead atoms. The van der Waals surface area contributed by atoms with Gasteiger partial charge in [0.2, 0.25) is 0 Å². The molecule has 0 atom stereocenters. The maximum absolute atomic E-state index is 13.2. The monoisotopic (exact) mass is 376 g/mol. The molecule has 2 aromatic carbocycles. The molecule has 3 rings (SSSR count). The van der Waals surface area contributed by atoms with E-state index in [1.807, 2.05) is 73.5 Å². The van der Waals surface area contributed by atoms with Gasteiger partial charge in [-0.1, -0.05) is 79.9 Å². The molecule has 0 aliphatic carbocycles. The number of unbranched alkanes of at least 4 members (excludes halogenated alkanes) is 2. The first-order valence-corrected chi connectivity index (χ1v) is 9.95. The van der Waals surface area contributed by atoms with Gasteiger partial charge in [-0.3, -0.25) is 14.5 Å². The third-order valence-electron chi connectivity index (χ3n) is 5.11. The first kappa shape index (κ1) is 19.9. The van der Waals surface area contributed by atoms with Crippen LogP contribution in [0.5, 0.6) is 0 Å². The van der Waals surface area contributed by atoms with Crippen LogP contribution in [0.3, 0.4) is 0 Å². The number of rotatable bonds is 8. The molecule has 2 amide bonds. The maximum Gasteiger partial charge on any atom is 0.277 e. The number of amides is 2. The van der Waals surface area contributed by atoms with E-state index in [0.29, 0.717) is 24.4 Å². The van der Waals surface area contributed by atoms with Crippen molar-refractivity contribution in [1.29, 1.82) is 0 Å². The molecule has 0 saturated heterocycles. The van der Waals surface area contributed by atoms with E-state index in [1.165, 1.54) is 4.90 Å². The van der Waals surface area contributed by atoms with E-state index < -0.39 is 0 Å². The van der Waals surface area contributed by atoms with Crippen LogP contribution in [0, 0.1) is 6.92 Å². The van der Waals surface area contributed by atoms with Crippen LogP contribution in [0.4, 0.5) is 0 Å². The van der Waals surface area contributed by atoms with E-state index in [9.17, 15) is 9.59 Å². The fraction of sp³-hybridized carbons (Fsp3) is 0.333. The highest BCUT2D eigenvalue weighted by Crippen LogP contribution is 2.32. The lowest BCUT2D eigenvalue weighted by atomic mass is 10.0. The van der Waals surface area contributed by atoms with E-state index in [0.717, 1.165) is 36.0 Å². The van der Waals surface area contributed by atoms with Gasteiger partial charge < -0.3 is 4.90 Å². The lowest BCUT2D eigenvalue weighted by Crippen LogP contribution is -2.34. The van der Waals surface area contributed by atoms with Crippen LogP contribution in [0.1, 0.15) is 42.9 Å². The van der Waals surface area contributed by atoms with Gasteiger partial charge in [0, 0.05) is 20.1 Å². The van der Waals surface area contributed by atoms with Gasteiger partial charge in [-0.2, -0.15) is 0 Å². The second kappa shape index (κ2) is 8.87. The van der Waals surface area contributed by atoms with E-state index in [2.05, 4.69) is 6.92 Å². The quantitative estimate of drug-likeness (QED) is 0.506. The highest BCUT2D eigenvalue weighted by molar-refractivity contribution is 6.35. The van der Waals surface area contributed by atoms with E-state index >= 15 is 0 Å². The Labute approximate surface area is 167 Å². The molecule has 0 N–H and O–H groups in total. The van der Waals surface area contributed by atoms with Gasteiger partial charge in [-0.25, -0.2) is 0 Å². The third-order valence-corrected chi connectivity index (χ3v) is 5.11. The third kappa shape index (κ3) is 4.16. The van der Waals surface area contributed by atoms with Crippen molar-refractivity contribution >= 4 is 17.4 Å². The minimum absolute atomic E-state index is 0.181. The minimum Gasteiger partial charge on any atom is -0.365 e. The van der Waals surface area contributed by atoms with Crippen molar-refractivity contribution in [3.63, 3.8) is 0 Å². The molecule has 4 nitrogen and oxygen atoms in total. The van der Waals surface area contributed by atoms with Gasteiger partial charge in [-0.15, -0.1) is 0 Å². The molecular weight excluding hydrogens is 348 g/mol. The molecular formula is C24H28N2O2. The number of aryl methyl sites for hydroxylation is 1. The lowest BCUT2D eigenvalue weighted by molar-refractivity contribution is -0.137. The lowest BCUT2D eigenvalue weighted by Gasteiger charge is -2.21. The summed E-state index contributed by atoms with van der Waals surface area (Å²) in [6, 6.07) is 17.8. The van der Waals surface area contributed by atoms with Gasteiger partial charge in [0.25, 0.3) is 11.8 Å². The van der Waals surface area contributed by atoms with Crippen molar-refractivity contribution in [3.05, 3.63) is 77.0 Å². The molecule has 0 spiro atoms. The van der Waals surface area contributed by atoms with Crippen LogP contribution in [0.2, 0.25) is 0 Å². The number of carbonyl (C=O) groups excluding carboxylic acids is 2. The Hall–Kier alpha value is -2.88. The summed E-state index contributed by atoms with van der Waals surface area (Å²) in [7, 11) is 1.89. The van der Waals surface area contributed by atoms with Gasteiger partial charge in [0.05, 0.1) is 5.57 Å². The summed E-state index contributed by atoms with van der Waals surface area (Å²) in [5, 5.41) is 0. The summed E-state index contributed by atoms with van der Waals surface area (Å²) in [5.74, 6) is -0.366. The Morgan fingerprint density at radius 1 is 0.893 bits per heavy atom. The Balaban J connectivity index is 1.96. The maximum atomic E-state index is 13.2.